The lowest BCUT2D eigenvalue weighted by Gasteiger charge is -2.15. The first-order valence-electron chi connectivity index (χ1n) is 7.60. The number of nitrogens with zero attached hydrogens (tertiary/aromatic N) is 2. The van der Waals surface area contributed by atoms with Gasteiger partial charge in [0.05, 0.1) is 19.6 Å². The molecule has 0 bridgehead atoms. The number of hydrogen-bond donors (Lipinski definition) is 2. The van der Waals surface area contributed by atoms with E-state index in [-0.39, 0.29) is 0 Å². The molecule has 3 rings (SSSR count). The van der Waals surface area contributed by atoms with Crippen molar-refractivity contribution < 1.29 is 27.2 Å². The summed E-state index contributed by atoms with van der Waals surface area (Å²) in [5, 5.41) is 6.34. The summed E-state index contributed by atoms with van der Waals surface area (Å²) in [5.41, 5.74) is 0.438. The third-order valence-electron chi connectivity index (χ3n) is 3.97. The maximum atomic E-state index is 13.1. The van der Waals surface area contributed by atoms with Gasteiger partial charge in [0.2, 0.25) is 5.91 Å². The predicted molar refractivity (Wildman–Crippen MR) is 85.2 cm³/mol. The molecule has 1 aromatic carbocycles. The molecule has 0 spiro atoms. The van der Waals surface area contributed by atoms with Crippen LogP contribution in [0.1, 0.15) is 0 Å². The summed E-state index contributed by atoms with van der Waals surface area (Å²) in [4.78, 5) is 27.9. The van der Waals surface area contributed by atoms with Crippen LogP contribution in [0.4, 0.5) is 28.0 Å². The summed E-state index contributed by atoms with van der Waals surface area (Å²) in [6.07, 6.45) is 3.24. The number of halogens is 4. The summed E-state index contributed by atoms with van der Waals surface area (Å²) in [5.74, 6) is -9.56. The zero-order valence-corrected chi connectivity index (χ0v) is 13.3. The van der Waals surface area contributed by atoms with E-state index >= 15 is 0 Å². The lowest BCUT2D eigenvalue weighted by Crippen LogP contribution is -2.41. The molecule has 1 saturated heterocycles. The van der Waals surface area contributed by atoms with E-state index in [0.717, 1.165) is 10.8 Å². The second kappa shape index (κ2) is 6.43. The Morgan fingerprint density at radius 2 is 1.77 bits per heavy atom. The fraction of sp³-hybridized carbons (Fsp3) is 0.312. The molecule has 0 unspecified atom stereocenters. The third kappa shape index (κ3) is 3.53. The van der Waals surface area contributed by atoms with Crippen LogP contribution in [0.15, 0.2) is 36.7 Å². The average molecular weight is 370 g/mol. The first kappa shape index (κ1) is 17.9. The van der Waals surface area contributed by atoms with E-state index < -0.39 is 43.4 Å². The molecule has 10 heteroatoms. The van der Waals surface area contributed by atoms with Crippen molar-refractivity contribution in [1.82, 2.24) is 15.2 Å². The Morgan fingerprint density at radius 1 is 1.08 bits per heavy atom. The second-order valence-electron chi connectivity index (χ2n) is 5.90. The van der Waals surface area contributed by atoms with Gasteiger partial charge in [0.15, 0.2) is 0 Å². The maximum Gasteiger partial charge on any atom is 0.329 e. The quantitative estimate of drug-likeness (QED) is 0.816. The minimum Gasteiger partial charge on any atom is -0.329 e. The van der Waals surface area contributed by atoms with Gasteiger partial charge in [-0.2, -0.15) is 17.6 Å². The van der Waals surface area contributed by atoms with Gasteiger partial charge < -0.3 is 15.5 Å². The van der Waals surface area contributed by atoms with E-state index in [4.69, 9.17) is 0 Å². The number of amides is 3. The number of carbonyl (C=O) groups is 2. The summed E-state index contributed by atoms with van der Waals surface area (Å²) in [6.45, 7) is -3.42. The molecule has 0 atom stereocenters. The normalized spacial score (nSPS) is 17.9. The lowest BCUT2D eigenvalue weighted by molar-refractivity contribution is -0.172. The van der Waals surface area contributed by atoms with E-state index in [1.165, 1.54) is 0 Å². The van der Waals surface area contributed by atoms with Crippen molar-refractivity contribution in [2.75, 3.05) is 25.0 Å². The Labute approximate surface area is 145 Å². The highest BCUT2D eigenvalue weighted by atomic mass is 19.3. The minimum absolute atomic E-state index is 0.337. The van der Waals surface area contributed by atoms with Gasteiger partial charge in [-0.25, -0.2) is 4.79 Å². The van der Waals surface area contributed by atoms with Crippen LogP contribution in [0.3, 0.4) is 0 Å². The van der Waals surface area contributed by atoms with Gasteiger partial charge in [-0.1, -0.05) is 6.07 Å². The Balaban J connectivity index is 1.54. The van der Waals surface area contributed by atoms with E-state index in [1.54, 1.807) is 36.7 Å². The molecule has 0 radical (unpaired) electrons. The molecule has 1 aliphatic heterocycles. The molecule has 0 saturated carbocycles. The van der Waals surface area contributed by atoms with Crippen LogP contribution in [0.25, 0.3) is 10.8 Å². The number of pyridine rings is 1. The monoisotopic (exact) mass is 370 g/mol. The highest BCUT2D eigenvalue weighted by Crippen LogP contribution is 2.40. The molecular weight excluding hydrogens is 356 g/mol. The molecule has 3 amide bonds. The molecule has 1 aliphatic rings. The van der Waals surface area contributed by atoms with Gasteiger partial charge in [-0.05, 0) is 23.6 Å². The summed E-state index contributed by atoms with van der Waals surface area (Å²) in [7, 11) is 0. The topological polar surface area (TPSA) is 74.3 Å². The Hall–Kier alpha value is -2.91. The lowest BCUT2D eigenvalue weighted by atomic mass is 10.1. The van der Waals surface area contributed by atoms with Crippen molar-refractivity contribution in [2.24, 2.45) is 0 Å². The number of likely N-dealkylation sites (tertiary alicyclic amines) is 1. The van der Waals surface area contributed by atoms with Gasteiger partial charge in [0.1, 0.15) is 0 Å². The minimum atomic E-state index is -4.27. The average Bonchev–Trinajstić information content (AvgIpc) is 2.80. The summed E-state index contributed by atoms with van der Waals surface area (Å²) >= 11 is 0. The van der Waals surface area contributed by atoms with Crippen molar-refractivity contribution in [2.45, 2.75) is 11.8 Å². The van der Waals surface area contributed by atoms with Gasteiger partial charge in [0, 0.05) is 23.5 Å². The number of hydrogen-bond acceptors (Lipinski definition) is 3. The number of anilines is 1. The third-order valence-corrected chi connectivity index (χ3v) is 3.97. The number of alkyl halides is 4. The number of aromatic nitrogens is 1. The van der Waals surface area contributed by atoms with Gasteiger partial charge in [-0.15, -0.1) is 0 Å². The highest BCUT2D eigenvalue weighted by molar-refractivity contribution is 5.95. The fourth-order valence-corrected chi connectivity index (χ4v) is 2.55. The zero-order valence-electron chi connectivity index (χ0n) is 13.3. The van der Waals surface area contributed by atoms with Gasteiger partial charge in [0.25, 0.3) is 0 Å². The first-order chi connectivity index (χ1) is 12.2. The Kier molecular flexibility index (Phi) is 4.43. The van der Waals surface area contributed by atoms with E-state index in [1.807, 2.05) is 0 Å². The van der Waals surface area contributed by atoms with E-state index in [2.05, 4.69) is 15.6 Å². The molecule has 2 heterocycles. The van der Waals surface area contributed by atoms with Crippen molar-refractivity contribution in [1.29, 1.82) is 0 Å². The molecular formula is C16H14F4N4O2. The number of fused-ring (bicyclic) bond motifs is 1. The zero-order chi connectivity index (χ0) is 18.9. The Morgan fingerprint density at radius 3 is 2.46 bits per heavy atom. The molecule has 0 aliphatic carbocycles. The summed E-state index contributed by atoms with van der Waals surface area (Å²) in [6, 6.07) is 6.02. The van der Waals surface area contributed by atoms with Crippen LogP contribution in [0.5, 0.6) is 0 Å². The van der Waals surface area contributed by atoms with Crippen LogP contribution in [0, 0.1) is 0 Å². The largest absolute Gasteiger partial charge is 0.329 e. The Bertz CT molecular complexity index is 843. The number of carbonyl (C=O) groups excluding carboxylic acids is 2. The highest BCUT2D eigenvalue weighted by Gasteiger charge is 2.63. The number of urea groups is 1. The number of rotatable bonds is 3. The van der Waals surface area contributed by atoms with Crippen molar-refractivity contribution in [3.8, 4) is 0 Å². The van der Waals surface area contributed by atoms with E-state index in [0.29, 0.717) is 10.6 Å². The molecule has 1 aromatic heterocycles. The molecule has 2 aromatic rings. The molecule has 138 valence electrons. The van der Waals surface area contributed by atoms with Crippen LogP contribution >= 0.6 is 0 Å². The van der Waals surface area contributed by atoms with Crippen molar-refractivity contribution in [3.05, 3.63) is 36.7 Å². The molecule has 2 N–H and O–H groups in total. The van der Waals surface area contributed by atoms with Crippen LogP contribution in [-0.2, 0) is 4.79 Å². The van der Waals surface area contributed by atoms with Crippen LogP contribution in [-0.4, -0.2) is 53.3 Å². The predicted octanol–water partition coefficient (Wildman–Crippen LogP) is 2.47. The number of nitrogens with one attached hydrogen (secondary N) is 2. The smallest absolute Gasteiger partial charge is 0.329 e. The molecule has 6 nitrogen and oxygen atoms in total. The first-order valence-corrected chi connectivity index (χ1v) is 7.60. The van der Waals surface area contributed by atoms with Crippen LogP contribution < -0.4 is 10.6 Å². The van der Waals surface area contributed by atoms with E-state index in [9.17, 15) is 27.2 Å². The maximum absolute atomic E-state index is 13.1. The fourth-order valence-electron chi connectivity index (χ4n) is 2.55. The van der Waals surface area contributed by atoms with Crippen LogP contribution in [0.2, 0.25) is 0 Å². The SMILES string of the molecule is O=C(NCC(=O)N1CC(F)(F)C(F)(F)C1)Nc1ccc2cnccc2c1. The second-order valence-corrected chi connectivity index (χ2v) is 5.90. The molecule has 1 fully saturated rings. The summed E-state index contributed by atoms with van der Waals surface area (Å²) < 4.78 is 52.4. The molecule has 26 heavy (non-hydrogen) atoms. The number of benzene rings is 1. The van der Waals surface area contributed by atoms with Crippen molar-refractivity contribution in [3.63, 3.8) is 0 Å². The standard InChI is InChI=1S/C16H14F4N4O2/c17-15(18)8-24(9-16(15,19)20)13(25)7-22-14(26)23-12-2-1-11-6-21-4-3-10(11)5-12/h1-6H,7-9H2,(H2,22,23,26). The van der Waals surface area contributed by atoms with Crippen molar-refractivity contribution >= 4 is 28.4 Å². The van der Waals surface area contributed by atoms with Gasteiger partial charge >= 0.3 is 17.9 Å². The van der Waals surface area contributed by atoms with Gasteiger partial charge in [-0.3, -0.25) is 9.78 Å².